The van der Waals surface area contributed by atoms with Crippen LogP contribution in [-0.4, -0.2) is 32.5 Å². The van der Waals surface area contributed by atoms with Crippen molar-refractivity contribution in [3.63, 3.8) is 0 Å². The maximum Gasteiger partial charge on any atom is 0.411 e. The molecular weight excluding hydrogens is 286 g/mol. The van der Waals surface area contributed by atoms with Crippen LogP contribution >= 0.6 is 0 Å². The number of nitrogens with one attached hydrogen (secondary N) is 1. The van der Waals surface area contributed by atoms with Gasteiger partial charge >= 0.3 is 6.18 Å². The lowest BCUT2D eigenvalue weighted by molar-refractivity contribution is -0.174. The summed E-state index contributed by atoms with van der Waals surface area (Å²) in [5, 5.41) is 3.21. The fraction of sp³-hybridized carbons (Fsp3) is 0.600. The summed E-state index contributed by atoms with van der Waals surface area (Å²) < 4.78 is 53.3. The number of likely N-dealkylation sites (N-methyl/N-ethyl adjacent to an activating group) is 1. The number of rotatable bonds is 9. The molecular formula is C15H21F4NO. The van der Waals surface area contributed by atoms with Crippen LogP contribution in [0.5, 0.6) is 0 Å². The number of hydrogen-bond donors (Lipinski definition) is 1. The van der Waals surface area contributed by atoms with Gasteiger partial charge in [-0.2, -0.15) is 13.2 Å². The Hall–Kier alpha value is -1.14. The van der Waals surface area contributed by atoms with Crippen LogP contribution in [0.3, 0.4) is 0 Å². The van der Waals surface area contributed by atoms with Crippen LogP contribution in [0.4, 0.5) is 17.6 Å². The molecule has 0 fully saturated rings. The van der Waals surface area contributed by atoms with E-state index < -0.39 is 12.8 Å². The predicted molar refractivity (Wildman–Crippen MR) is 73.8 cm³/mol. The largest absolute Gasteiger partial charge is 0.411 e. The molecule has 0 bridgehead atoms. The Labute approximate surface area is 122 Å². The number of alkyl halides is 3. The Morgan fingerprint density at radius 2 is 1.86 bits per heavy atom. The molecule has 0 aliphatic rings. The molecule has 0 saturated carbocycles. The van der Waals surface area contributed by atoms with Crippen molar-refractivity contribution >= 4 is 0 Å². The third kappa shape index (κ3) is 8.02. The molecule has 6 heteroatoms. The van der Waals surface area contributed by atoms with E-state index in [2.05, 4.69) is 10.1 Å². The van der Waals surface area contributed by atoms with Crippen molar-refractivity contribution < 1.29 is 22.3 Å². The Morgan fingerprint density at radius 3 is 2.43 bits per heavy atom. The molecule has 0 heterocycles. The molecule has 2 nitrogen and oxygen atoms in total. The van der Waals surface area contributed by atoms with Gasteiger partial charge in [0.2, 0.25) is 0 Å². The first kappa shape index (κ1) is 17.9. The van der Waals surface area contributed by atoms with Crippen LogP contribution in [0.1, 0.15) is 31.2 Å². The minimum absolute atomic E-state index is 0.0727. The van der Waals surface area contributed by atoms with E-state index in [9.17, 15) is 17.6 Å². The van der Waals surface area contributed by atoms with E-state index in [1.54, 1.807) is 12.1 Å². The zero-order chi connectivity index (χ0) is 15.7. The van der Waals surface area contributed by atoms with Crippen LogP contribution < -0.4 is 5.32 Å². The standard InChI is InChI=1S/C15H21F4NO/c1-2-20-10-13(12-5-7-14(16)8-6-12)4-3-9-21-11-15(17,18)19/h5-8,13,20H,2-4,9-11H2,1H3. The molecule has 1 unspecified atom stereocenters. The second-order valence-corrected chi connectivity index (χ2v) is 4.87. The van der Waals surface area contributed by atoms with Gasteiger partial charge in [0.15, 0.2) is 0 Å². The van der Waals surface area contributed by atoms with Crippen LogP contribution in [0.25, 0.3) is 0 Å². The Morgan fingerprint density at radius 1 is 1.19 bits per heavy atom. The maximum absolute atomic E-state index is 12.9. The van der Waals surface area contributed by atoms with Gasteiger partial charge in [0, 0.05) is 13.2 Å². The molecule has 1 N–H and O–H groups in total. The van der Waals surface area contributed by atoms with Crippen molar-refractivity contribution in [2.24, 2.45) is 0 Å². The highest BCUT2D eigenvalue weighted by atomic mass is 19.4. The second kappa shape index (κ2) is 9.00. The fourth-order valence-electron chi connectivity index (χ4n) is 2.06. The zero-order valence-corrected chi connectivity index (χ0v) is 12.0. The lowest BCUT2D eigenvalue weighted by atomic mass is 9.94. The first-order valence-electron chi connectivity index (χ1n) is 7.03. The number of benzene rings is 1. The van der Waals surface area contributed by atoms with E-state index in [-0.39, 0.29) is 18.3 Å². The normalized spacial score (nSPS) is 13.4. The van der Waals surface area contributed by atoms with Gasteiger partial charge in [-0.1, -0.05) is 19.1 Å². The summed E-state index contributed by atoms with van der Waals surface area (Å²) >= 11 is 0. The molecule has 0 saturated heterocycles. The average molecular weight is 307 g/mol. The summed E-state index contributed by atoms with van der Waals surface area (Å²) in [6, 6.07) is 6.23. The van der Waals surface area contributed by atoms with Gasteiger partial charge in [-0.3, -0.25) is 0 Å². The van der Waals surface area contributed by atoms with E-state index >= 15 is 0 Å². The SMILES string of the molecule is CCNCC(CCCOCC(F)(F)F)c1ccc(F)cc1. The zero-order valence-electron chi connectivity index (χ0n) is 12.0. The van der Waals surface area contributed by atoms with Crippen molar-refractivity contribution in [3.05, 3.63) is 35.6 Å². The molecule has 1 aromatic rings. The monoisotopic (exact) mass is 307 g/mol. The van der Waals surface area contributed by atoms with Crippen molar-refractivity contribution in [2.75, 3.05) is 26.3 Å². The third-order valence-corrected chi connectivity index (χ3v) is 3.09. The summed E-state index contributed by atoms with van der Waals surface area (Å²) in [7, 11) is 0. The van der Waals surface area contributed by atoms with Crippen molar-refractivity contribution in [3.8, 4) is 0 Å². The second-order valence-electron chi connectivity index (χ2n) is 4.87. The molecule has 0 aliphatic heterocycles. The van der Waals surface area contributed by atoms with Crippen molar-refractivity contribution in [2.45, 2.75) is 31.9 Å². The van der Waals surface area contributed by atoms with Gasteiger partial charge in [0.05, 0.1) is 0 Å². The Balaban J connectivity index is 2.41. The van der Waals surface area contributed by atoms with E-state index in [4.69, 9.17) is 0 Å². The number of halogens is 4. The van der Waals surface area contributed by atoms with E-state index in [1.807, 2.05) is 6.92 Å². The summed E-state index contributed by atoms with van der Waals surface area (Å²) in [6.45, 7) is 2.36. The quantitative estimate of drug-likeness (QED) is 0.552. The van der Waals surface area contributed by atoms with Crippen molar-refractivity contribution in [1.82, 2.24) is 5.32 Å². The van der Waals surface area contributed by atoms with E-state index in [1.165, 1.54) is 12.1 Å². The highest BCUT2D eigenvalue weighted by Gasteiger charge is 2.27. The minimum Gasteiger partial charge on any atom is -0.372 e. The summed E-state index contributed by atoms with van der Waals surface area (Å²) in [6.07, 6.45) is -3.06. The fourth-order valence-corrected chi connectivity index (χ4v) is 2.06. The first-order valence-corrected chi connectivity index (χ1v) is 7.03. The van der Waals surface area contributed by atoms with Gasteiger partial charge in [-0.25, -0.2) is 4.39 Å². The lowest BCUT2D eigenvalue weighted by Crippen LogP contribution is -2.22. The molecule has 120 valence electrons. The molecule has 0 aliphatic carbocycles. The first-order chi connectivity index (χ1) is 9.92. The number of ether oxygens (including phenoxy) is 1. The summed E-state index contributed by atoms with van der Waals surface area (Å²) in [5.41, 5.74) is 0.980. The van der Waals surface area contributed by atoms with Gasteiger partial charge in [0.1, 0.15) is 12.4 Å². The average Bonchev–Trinajstić information content (AvgIpc) is 2.42. The summed E-state index contributed by atoms with van der Waals surface area (Å²) in [5.74, 6) is -0.158. The van der Waals surface area contributed by atoms with Gasteiger partial charge < -0.3 is 10.1 Å². The highest BCUT2D eigenvalue weighted by molar-refractivity contribution is 5.20. The molecule has 0 amide bonds. The lowest BCUT2D eigenvalue weighted by Gasteiger charge is -2.18. The smallest absolute Gasteiger partial charge is 0.372 e. The Kier molecular flexibility index (Phi) is 7.67. The van der Waals surface area contributed by atoms with Crippen LogP contribution in [0.15, 0.2) is 24.3 Å². The molecule has 0 aromatic heterocycles. The van der Waals surface area contributed by atoms with E-state index in [0.29, 0.717) is 19.4 Å². The van der Waals surface area contributed by atoms with Crippen LogP contribution in [-0.2, 0) is 4.74 Å². The van der Waals surface area contributed by atoms with Gasteiger partial charge in [0.25, 0.3) is 0 Å². The highest BCUT2D eigenvalue weighted by Crippen LogP contribution is 2.21. The van der Waals surface area contributed by atoms with Gasteiger partial charge in [-0.05, 0) is 43.0 Å². The summed E-state index contributed by atoms with van der Waals surface area (Å²) in [4.78, 5) is 0. The topological polar surface area (TPSA) is 21.3 Å². The van der Waals surface area contributed by atoms with Crippen molar-refractivity contribution in [1.29, 1.82) is 0 Å². The number of hydrogen-bond acceptors (Lipinski definition) is 2. The Bertz CT molecular complexity index is 392. The minimum atomic E-state index is -4.28. The maximum atomic E-state index is 12.9. The molecule has 1 rings (SSSR count). The molecule has 1 atom stereocenters. The molecule has 21 heavy (non-hydrogen) atoms. The molecule has 0 spiro atoms. The molecule has 0 radical (unpaired) electrons. The van der Waals surface area contributed by atoms with Crippen LogP contribution in [0, 0.1) is 5.82 Å². The van der Waals surface area contributed by atoms with Gasteiger partial charge in [-0.15, -0.1) is 0 Å². The predicted octanol–water partition coefficient (Wildman–Crippen LogP) is 3.88. The van der Waals surface area contributed by atoms with E-state index in [0.717, 1.165) is 12.1 Å². The molecule has 1 aromatic carbocycles. The third-order valence-electron chi connectivity index (χ3n) is 3.09. The van der Waals surface area contributed by atoms with Crippen LogP contribution in [0.2, 0.25) is 0 Å².